The van der Waals surface area contributed by atoms with E-state index in [4.69, 9.17) is 0 Å². The molecule has 1 amide bonds. The fraction of sp³-hybridized carbons (Fsp3) is 0.450. The molecule has 1 aliphatic heterocycles. The Kier molecular flexibility index (Phi) is 7.09. The molecule has 1 unspecified atom stereocenters. The highest BCUT2D eigenvalue weighted by Crippen LogP contribution is 2.28. The molecule has 2 heterocycles. The molecule has 0 spiro atoms. The standard InChI is InChI=1S/C20H27N3O3S2/c1-16-10-11-19(27-16)28(25,26)23-14-5-7-17(15-23)20(24)22-13-6-12-21-18-8-3-2-4-9-18/h2-4,8-11,17,21H,5-7,12-15H2,1H3,(H,22,24). The zero-order valence-electron chi connectivity index (χ0n) is 16.1. The summed E-state index contributed by atoms with van der Waals surface area (Å²) in [6, 6.07) is 13.4. The summed E-state index contributed by atoms with van der Waals surface area (Å²) >= 11 is 1.28. The predicted octanol–water partition coefficient (Wildman–Crippen LogP) is 3.08. The van der Waals surface area contributed by atoms with Crippen molar-refractivity contribution in [3.8, 4) is 0 Å². The molecule has 152 valence electrons. The molecule has 28 heavy (non-hydrogen) atoms. The fourth-order valence-electron chi connectivity index (χ4n) is 3.29. The van der Waals surface area contributed by atoms with E-state index in [-0.39, 0.29) is 18.4 Å². The number of hydrogen-bond donors (Lipinski definition) is 2. The van der Waals surface area contributed by atoms with Gasteiger partial charge in [0.05, 0.1) is 5.92 Å². The van der Waals surface area contributed by atoms with Crippen molar-refractivity contribution in [1.29, 1.82) is 0 Å². The minimum Gasteiger partial charge on any atom is -0.385 e. The van der Waals surface area contributed by atoms with Crippen molar-refractivity contribution < 1.29 is 13.2 Å². The summed E-state index contributed by atoms with van der Waals surface area (Å²) in [6.07, 6.45) is 2.24. The zero-order chi connectivity index (χ0) is 20.0. The van der Waals surface area contributed by atoms with Crippen LogP contribution in [0.15, 0.2) is 46.7 Å². The van der Waals surface area contributed by atoms with Gasteiger partial charge >= 0.3 is 0 Å². The van der Waals surface area contributed by atoms with Crippen molar-refractivity contribution >= 4 is 33.0 Å². The van der Waals surface area contributed by atoms with Crippen molar-refractivity contribution in [2.75, 3.05) is 31.5 Å². The summed E-state index contributed by atoms with van der Waals surface area (Å²) in [7, 11) is -3.51. The monoisotopic (exact) mass is 421 g/mol. The molecular weight excluding hydrogens is 394 g/mol. The van der Waals surface area contributed by atoms with E-state index < -0.39 is 10.0 Å². The lowest BCUT2D eigenvalue weighted by Gasteiger charge is -2.30. The zero-order valence-corrected chi connectivity index (χ0v) is 17.7. The number of benzene rings is 1. The number of amides is 1. The maximum atomic E-state index is 12.8. The number of para-hydroxylation sites is 1. The minimum absolute atomic E-state index is 0.0537. The van der Waals surface area contributed by atoms with Gasteiger partial charge < -0.3 is 10.6 Å². The molecule has 0 bridgehead atoms. The van der Waals surface area contributed by atoms with Crippen LogP contribution in [-0.2, 0) is 14.8 Å². The van der Waals surface area contributed by atoms with Gasteiger partial charge in [0.15, 0.2) is 0 Å². The highest BCUT2D eigenvalue weighted by molar-refractivity contribution is 7.91. The lowest BCUT2D eigenvalue weighted by atomic mass is 9.99. The fourth-order valence-corrected chi connectivity index (χ4v) is 6.25. The molecule has 0 aliphatic carbocycles. The molecule has 0 saturated carbocycles. The topological polar surface area (TPSA) is 78.5 Å². The molecule has 1 fully saturated rings. The van der Waals surface area contributed by atoms with E-state index in [1.165, 1.54) is 15.6 Å². The Morgan fingerprint density at radius 1 is 1.18 bits per heavy atom. The summed E-state index contributed by atoms with van der Waals surface area (Å²) in [5.74, 6) is -0.339. The Hall–Kier alpha value is -1.90. The van der Waals surface area contributed by atoms with Crippen molar-refractivity contribution in [3.05, 3.63) is 47.3 Å². The Bertz CT molecular complexity index is 881. The highest BCUT2D eigenvalue weighted by Gasteiger charge is 2.33. The molecule has 1 atom stereocenters. The third kappa shape index (κ3) is 5.33. The van der Waals surface area contributed by atoms with Crippen LogP contribution in [0, 0.1) is 12.8 Å². The summed E-state index contributed by atoms with van der Waals surface area (Å²) in [5, 5.41) is 6.26. The number of sulfonamides is 1. The average Bonchev–Trinajstić information content (AvgIpc) is 3.16. The number of rotatable bonds is 8. The Labute approximate surface area is 171 Å². The van der Waals surface area contributed by atoms with Crippen molar-refractivity contribution in [2.24, 2.45) is 5.92 Å². The molecule has 1 aliphatic rings. The van der Waals surface area contributed by atoms with Crippen molar-refractivity contribution in [1.82, 2.24) is 9.62 Å². The average molecular weight is 422 g/mol. The first-order valence-corrected chi connectivity index (χ1v) is 11.9. The van der Waals surface area contributed by atoms with E-state index >= 15 is 0 Å². The molecule has 6 nitrogen and oxygen atoms in total. The van der Waals surface area contributed by atoms with Crippen LogP contribution in [-0.4, -0.2) is 44.8 Å². The lowest BCUT2D eigenvalue weighted by molar-refractivity contribution is -0.126. The normalized spacial score (nSPS) is 18.0. The van der Waals surface area contributed by atoms with Gasteiger partial charge in [-0.05, 0) is 50.5 Å². The van der Waals surface area contributed by atoms with Gasteiger partial charge in [0.25, 0.3) is 10.0 Å². The molecule has 3 rings (SSSR count). The van der Waals surface area contributed by atoms with Gasteiger partial charge in [-0.2, -0.15) is 4.31 Å². The molecule has 0 radical (unpaired) electrons. The van der Waals surface area contributed by atoms with Gasteiger partial charge in [-0.15, -0.1) is 11.3 Å². The van der Waals surface area contributed by atoms with Gasteiger partial charge in [0.2, 0.25) is 5.91 Å². The summed E-state index contributed by atoms with van der Waals surface area (Å²) in [5.41, 5.74) is 1.06. The second-order valence-corrected chi connectivity index (χ2v) is 10.5. The molecule has 1 aromatic carbocycles. The first-order valence-electron chi connectivity index (χ1n) is 9.60. The molecule has 2 aromatic rings. The van der Waals surface area contributed by atoms with Crippen LogP contribution in [0.25, 0.3) is 0 Å². The van der Waals surface area contributed by atoms with Crippen LogP contribution < -0.4 is 10.6 Å². The van der Waals surface area contributed by atoms with Crippen LogP contribution >= 0.6 is 11.3 Å². The first-order chi connectivity index (χ1) is 13.5. The predicted molar refractivity (Wildman–Crippen MR) is 113 cm³/mol. The van der Waals surface area contributed by atoms with E-state index in [1.54, 1.807) is 6.07 Å². The van der Waals surface area contributed by atoms with Crippen molar-refractivity contribution in [2.45, 2.75) is 30.4 Å². The number of aryl methyl sites for hydroxylation is 1. The third-order valence-electron chi connectivity index (χ3n) is 4.82. The maximum absolute atomic E-state index is 12.8. The number of anilines is 1. The van der Waals surface area contributed by atoms with Gasteiger partial charge in [-0.3, -0.25) is 4.79 Å². The van der Waals surface area contributed by atoms with Crippen LogP contribution in [0.3, 0.4) is 0 Å². The minimum atomic E-state index is -3.51. The van der Waals surface area contributed by atoms with E-state index in [9.17, 15) is 13.2 Å². The van der Waals surface area contributed by atoms with Crippen LogP contribution in [0.4, 0.5) is 5.69 Å². The van der Waals surface area contributed by atoms with E-state index in [0.717, 1.165) is 30.0 Å². The molecular formula is C20H27N3O3S2. The largest absolute Gasteiger partial charge is 0.385 e. The smallest absolute Gasteiger partial charge is 0.252 e. The number of nitrogens with zero attached hydrogens (tertiary/aromatic N) is 1. The number of thiophene rings is 1. The van der Waals surface area contributed by atoms with Gasteiger partial charge in [0.1, 0.15) is 4.21 Å². The Morgan fingerprint density at radius 2 is 1.96 bits per heavy atom. The van der Waals surface area contributed by atoms with Gasteiger partial charge in [-0.25, -0.2) is 8.42 Å². The number of hydrogen-bond acceptors (Lipinski definition) is 5. The number of nitrogens with one attached hydrogen (secondary N) is 2. The van der Waals surface area contributed by atoms with E-state index in [0.29, 0.717) is 23.7 Å². The Morgan fingerprint density at radius 3 is 2.68 bits per heavy atom. The second-order valence-electron chi connectivity index (χ2n) is 7.00. The first kappa shape index (κ1) is 20.8. The molecule has 1 saturated heterocycles. The highest BCUT2D eigenvalue weighted by atomic mass is 32.2. The molecule has 1 aromatic heterocycles. The van der Waals surface area contributed by atoms with E-state index in [1.807, 2.05) is 43.3 Å². The van der Waals surface area contributed by atoms with Gasteiger partial charge in [-0.1, -0.05) is 18.2 Å². The van der Waals surface area contributed by atoms with Crippen LogP contribution in [0.5, 0.6) is 0 Å². The lowest BCUT2D eigenvalue weighted by Crippen LogP contribution is -2.45. The van der Waals surface area contributed by atoms with E-state index in [2.05, 4.69) is 10.6 Å². The number of carbonyl (C=O) groups excluding carboxylic acids is 1. The van der Waals surface area contributed by atoms with Crippen molar-refractivity contribution in [3.63, 3.8) is 0 Å². The van der Waals surface area contributed by atoms with Gasteiger partial charge in [0, 0.05) is 36.7 Å². The Balaban J connectivity index is 1.45. The summed E-state index contributed by atoms with van der Waals surface area (Å²) in [6.45, 7) is 3.97. The van der Waals surface area contributed by atoms with Crippen LogP contribution in [0.2, 0.25) is 0 Å². The maximum Gasteiger partial charge on any atom is 0.252 e. The third-order valence-corrected chi connectivity index (χ3v) is 8.15. The quantitative estimate of drug-likeness (QED) is 0.642. The SMILES string of the molecule is Cc1ccc(S(=O)(=O)N2CCCC(C(=O)NCCCNc3ccccc3)C2)s1. The number of carbonyl (C=O) groups is 1. The number of piperidine rings is 1. The van der Waals surface area contributed by atoms with Crippen LogP contribution in [0.1, 0.15) is 24.1 Å². The second kappa shape index (κ2) is 9.54. The summed E-state index contributed by atoms with van der Waals surface area (Å²) in [4.78, 5) is 13.5. The molecule has 8 heteroatoms. The summed E-state index contributed by atoms with van der Waals surface area (Å²) < 4.78 is 27.4. The molecule has 2 N–H and O–H groups in total.